The first-order valence-corrected chi connectivity index (χ1v) is 7.15. The maximum Gasteiger partial charge on any atom is 0.336 e. The highest BCUT2D eigenvalue weighted by atomic mass is 16.7. The summed E-state index contributed by atoms with van der Waals surface area (Å²) < 4.78 is 10.7. The van der Waals surface area contributed by atoms with Crippen LogP contribution in [0.25, 0.3) is 0 Å². The van der Waals surface area contributed by atoms with E-state index in [1.54, 1.807) is 26.0 Å². The van der Waals surface area contributed by atoms with Crippen molar-refractivity contribution >= 4 is 17.3 Å². The molecule has 0 fully saturated rings. The average molecular weight is 310 g/mol. The maximum atomic E-state index is 11.5. The molecule has 0 aliphatic rings. The molecule has 0 aliphatic carbocycles. The highest BCUT2D eigenvalue weighted by Crippen LogP contribution is 2.29. The number of ether oxygens (including phenoxy) is 2. The molecule has 118 valence electrons. The first-order valence-electron chi connectivity index (χ1n) is 7.15. The van der Waals surface area contributed by atoms with Crippen molar-refractivity contribution in [3.8, 4) is 5.75 Å². The van der Waals surface area contributed by atoms with Crippen LogP contribution >= 0.6 is 0 Å². The van der Waals surface area contributed by atoms with E-state index >= 15 is 0 Å². The fourth-order valence-corrected chi connectivity index (χ4v) is 1.70. The standard InChI is InChI=1S/C18H18N2O3/c1-13(2)18(21)23-14(3)22-17-12-8-7-11-16(17)20-19-15-9-5-4-6-10-15/h4-12,14H,1H2,2-3H3. The summed E-state index contributed by atoms with van der Waals surface area (Å²) in [6.07, 6.45) is -0.757. The molecule has 2 aromatic carbocycles. The summed E-state index contributed by atoms with van der Waals surface area (Å²) in [6, 6.07) is 16.5. The number of carbonyl (C=O) groups is 1. The molecular formula is C18H18N2O3. The van der Waals surface area contributed by atoms with Gasteiger partial charge in [-0.05, 0) is 31.2 Å². The Morgan fingerprint density at radius 1 is 1.04 bits per heavy atom. The van der Waals surface area contributed by atoms with Gasteiger partial charge in [-0.3, -0.25) is 0 Å². The van der Waals surface area contributed by atoms with Crippen LogP contribution in [0, 0.1) is 0 Å². The Bertz CT molecular complexity index is 711. The predicted molar refractivity (Wildman–Crippen MR) is 88.1 cm³/mol. The Kier molecular flexibility index (Phi) is 5.63. The molecule has 0 spiro atoms. The van der Waals surface area contributed by atoms with E-state index in [0.717, 1.165) is 5.69 Å². The summed E-state index contributed by atoms with van der Waals surface area (Å²) in [5, 5.41) is 8.34. The lowest BCUT2D eigenvalue weighted by Gasteiger charge is -2.16. The van der Waals surface area contributed by atoms with E-state index < -0.39 is 12.3 Å². The Labute approximate surface area is 135 Å². The fraction of sp³-hybridized carbons (Fsp3) is 0.167. The van der Waals surface area contributed by atoms with Gasteiger partial charge in [0.15, 0.2) is 5.75 Å². The number of carbonyl (C=O) groups excluding carboxylic acids is 1. The number of hydrogen-bond acceptors (Lipinski definition) is 5. The number of rotatable bonds is 6. The van der Waals surface area contributed by atoms with Crippen molar-refractivity contribution in [1.82, 2.24) is 0 Å². The van der Waals surface area contributed by atoms with Gasteiger partial charge < -0.3 is 9.47 Å². The van der Waals surface area contributed by atoms with Gasteiger partial charge >= 0.3 is 5.97 Å². The Hall–Kier alpha value is -2.95. The summed E-state index contributed by atoms with van der Waals surface area (Å²) >= 11 is 0. The van der Waals surface area contributed by atoms with Crippen LogP contribution in [0.5, 0.6) is 5.75 Å². The lowest BCUT2D eigenvalue weighted by atomic mass is 10.3. The molecule has 0 saturated heterocycles. The van der Waals surface area contributed by atoms with Crippen LogP contribution < -0.4 is 4.74 Å². The number of hydrogen-bond donors (Lipinski definition) is 0. The molecule has 0 saturated carbocycles. The van der Waals surface area contributed by atoms with Crippen molar-refractivity contribution in [3.63, 3.8) is 0 Å². The van der Waals surface area contributed by atoms with Gasteiger partial charge in [0.05, 0.1) is 5.69 Å². The van der Waals surface area contributed by atoms with Crippen LogP contribution in [0.4, 0.5) is 11.4 Å². The molecule has 2 rings (SSSR count). The zero-order chi connectivity index (χ0) is 16.7. The van der Waals surface area contributed by atoms with Gasteiger partial charge in [0.2, 0.25) is 6.29 Å². The molecule has 0 amide bonds. The van der Waals surface area contributed by atoms with Crippen molar-refractivity contribution < 1.29 is 14.3 Å². The molecule has 0 aromatic heterocycles. The third-order valence-electron chi connectivity index (χ3n) is 2.81. The number of nitrogens with zero attached hydrogens (tertiary/aromatic N) is 2. The second kappa shape index (κ2) is 7.89. The van der Waals surface area contributed by atoms with Gasteiger partial charge in [-0.1, -0.05) is 36.9 Å². The van der Waals surface area contributed by atoms with Crippen molar-refractivity contribution in [1.29, 1.82) is 0 Å². The van der Waals surface area contributed by atoms with Crippen molar-refractivity contribution in [3.05, 3.63) is 66.7 Å². The summed E-state index contributed by atoms with van der Waals surface area (Å²) in [7, 11) is 0. The molecule has 1 atom stereocenters. The average Bonchev–Trinajstić information content (AvgIpc) is 2.54. The van der Waals surface area contributed by atoms with Crippen molar-refractivity contribution in [2.24, 2.45) is 10.2 Å². The van der Waals surface area contributed by atoms with E-state index in [1.165, 1.54) is 0 Å². The van der Waals surface area contributed by atoms with E-state index in [9.17, 15) is 4.79 Å². The predicted octanol–water partition coefficient (Wildman–Crippen LogP) is 4.95. The number of para-hydroxylation sites is 1. The Morgan fingerprint density at radius 3 is 2.39 bits per heavy atom. The number of azo groups is 1. The van der Waals surface area contributed by atoms with Gasteiger partial charge in [-0.25, -0.2) is 4.79 Å². The minimum Gasteiger partial charge on any atom is -0.453 e. The number of benzene rings is 2. The summed E-state index contributed by atoms with van der Waals surface area (Å²) in [5.41, 5.74) is 1.61. The molecule has 0 aliphatic heterocycles. The van der Waals surface area contributed by atoms with Crippen LogP contribution in [-0.4, -0.2) is 12.3 Å². The smallest absolute Gasteiger partial charge is 0.336 e. The van der Waals surface area contributed by atoms with E-state index in [2.05, 4.69) is 16.8 Å². The van der Waals surface area contributed by atoms with Crippen LogP contribution in [0.3, 0.4) is 0 Å². The lowest BCUT2D eigenvalue weighted by molar-refractivity contribution is -0.156. The van der Waals surface area contributed by atoms with Crippen molar-refractivity contribution in [2.45, 2.75) is 20.1 Å². The zero-order valence-electron chi connectivity index (χ0n) is 13.1. The normalized spacial score (nSPS) is 11.9. The largest absolute Gasteiger partial charge is 0.453 e. The van der Waals surface area contributed by atoms with Crippen LogP contribution in [0.15, 0.2) is 77.0 Å². The fourth-order valence-electron chi connectivity index (χ4n) is 1.70. The lowest BCUT2D eigenvalue weighted by Crippen LogP contribution is -2.21. The van der Waals surface area contributed by atoms with E-state index in [4.69, 9.17) is 9.47 Å². The van der Waals surface area contributed by atoms with E-state index in [-0.39, 0.29) is 0 Å². The SMILES string of the molecule is C=C(C)C(=O)OC(C)Oc1ccccc1N=Nc1ccccc1. The molecule has 2 aromatic rings. The highest BCUT2D eigenvalue weighted by molar-refractivity contribution is 5.87. The van der Waals surface area contributed by atoms with Gasteiger partial charge in [0, 0.05) is 12.5 Å². The maximum absolute atomic E-state index is 11.5. The first-order chi connectivity index (χ1) is 11.1. The summed E-state index contributed by atoms with van der Waals surface area (Å²) in [6.45, 7) is 6.74. The van der Waals surface area contributed by atoms with Crippen LogP contribution in [0.1, 0.15) is 13.8 Å². The molecule has 1 unspecified atom stereocenters. The summed E-state index contributed by atoms with van der Waals surface area (Å²) in [4.78, 5) is 11.5. The third-order valence-corrected chi connectivity index (χ3v) is 2.81. The molecule has 0 heterocycles. The monoisotopic (exact) mass is 310 g/mol. The highest BCUT2D eigenvalue weighted by Gasteiger charge is 2.13. The minimum atomic E-state index is -0.757. The third kappa shape index (κ3) is 5.07. The summed E-state index contributed by atoms with van der Waals surface area (Å²) in [5.74, 6) is -0.0184. The topological polar surface area (TPSA) is 60.2 Å². The van der Waals surface area contributed by atoms with Crippen LogP contribution in [0.2, 0.25) is 0 Å². The Morgan fingerprint density at radius 2 is 1.70 bits per heavy atom. The molecule has 23 heavy (non-hydrogen) atoms. The quantitative estimate of drug-likeness (QED) is 0.328. The molecule has 0 bridgehead atoms. The molecule has 0 radical (unpaired) electrons. The first kappa shape index (κ1) is 16.4. The zero-order valence-corrected chi connectivity index (χ0v) is 13.1. The van der Waals surface area contributed by atoms with E-state index in [1.807, 2.05) is 42.5 Å². The molecular weight excluding hydrogens is 292 g/mol. The van der Waals surface area contributed by atoms with E-state index in [0.29, 0.717) is 17.0 Å². The molecule has 0 N–H and O–H groups in total. The number of esters is 1. The minimum absolute atomic E-state index is 0.317. The van der Waals surface area contributed by atoms with Crippen molar-refractivity contribution in [2.75, 3.05) is 0 Å². The Balaban J connectivity index is 2.10. The second-order valence-corrected chi connectivity index (χ2v) is 4.87. The molecule has 5 nitrogen and oxygen atoms in total. The van der Waals surface area contributed by atoms with Crippen LogP contribution in [-0.2, 0) is 9.53 Å². The molecule has 5 heteroatoms. The van der Waals surface area contributed by atoms with Gasteiger partial charge in [0.25, 0.3) is 0 Å². The van der Waals surface area contributed by atoms with Gasteiger partial charge in [-0.15, -0.1) is 5.11 Å². The second-order valence-electron chi connectivity index (χ2n) is 4.87. The van der Waals surface area contributed by atoms with Gasteiger partial charge in [-0.2, -0.15) is 5.11 Å². The van der Waals surface area contributed by atoms with Gasteiger partial charge in [0.1, 0.15) is 5.69 Å².